The number of hydrogen-bond donors (Lipinski definition) is 3. The second kappa shape index (κ2) is 5.98. The molecule has 1 aromatic heterocycles. The molecule has 1 saturated heterocycles. The molecule has 0 radical (unpaired) electrons. The molecular weight excluding hydrogens is 270 g/mol. The number of aliphatic hydroxyl groups is 1. The van der Waals surface area contributed by atoms with Gasteiger partial charge in [-0.05, 0) is 0 Å². The first-order valence-corrected chi connectivity index (χ1v) is 6.84. The van der Waals surface area contributed by atoms with Gasteiger partial charge in [0.05, 0.1) is 17.3 Å². The van der Waals surface area contributed by atoms with Crippen molar-refractivity contribution in [2.45, 2.75) is 25.0 Å². The van der Waals surface area contributed by atoms with E-state index in [1.807, 2.05) is 5.38 Å². The van der Waals surface area contributed by atoms with E-state index < -0.39 is 24.1 Å². The highest BCUT2D eigenvalue weighted by Crippen LogP contribution is 2.18. The SMILES string of the molecule is O=C(O)C1CC(O)CN1C(=O)NCCc1cscn1. The maximum atomic E-state index is 11.9. The lowest BCUT2D eigenvalue weighted by Gasteiger charge is -2.21. The number of thiazole rings is 1. The monoisotopic (exact) mass is 285 g/mol. The van der Waals surface area contributed by atoms with Gasteiger partial charge in [-0.25, -0.2) is 14.6 Å². The maximum absolute atomic E-state index is 11.9. The topological polar surface area (TPSA) is 103 Å². The number of carbonyl (C=O) groups excluding carboxylic acids is 1. The van der Waals surface area contributed by atoms with Gasteiger partial charge in [0.1, 0.15) is 6.04 Å². The number of aliphatic hydroxyl groups excluding tert-OH is 1. The summed E-state index contributed by atoms with van der Waals surface area (Å²) in [6.07, 6.45) is -0.0940. The maximum Gasteiger partial charge on any atom is 0.326 e. The first kappa shape index (κ1) is 13.8. The molecule has 0 spiro atoms. The molecule has 3 N–H and O–H groups in total. The summed E-state index contributed by atoms with van der Waals surface area (Å²) in [4.78, 5) is 28.1. The van der Waals surface area contributed by atoms with Crippen molar-refractivity contribution in [3.05, 3.63) is 16.6 Å². The van der Waals surface area contributed by atoms with E-state index in [9.17, 15) is 14.7 Å². The average Bonchev–Trinajstić information content (AvgIpc) is 2.98. The lowest BCUT2D eigenvalue weighted by molar-refractivity contribution is -0.141. The van der Waals surface area contributed by atoms with E-state index >= 15 is 0 Å². The summed E-state index contributed by atoms with van der Waals surface area (Å²) in [6.45, 7) is 0.445. The van der Waals surface area contributed by atoms with Crippen LogP contribution in [0.2, 0.25) is 0 Å². The van der Waals surface area contributed by atoms with Crippen LogP contribution in [-0.2, 0) is 11.2 Å². The van der Waals surface area contributed by atoms with E-state index in [1.54, 1.807) is 5.51 Å². The standard InChI is InChI=1S/C11H15N3O4S/c15-8-3-9(10(16)17)14(4-8)11(18)12-2-1-7-5-19-6-13-7/h5-6,8-9,15H,1-4H2,(H,12,18)(H,16,17). The minimum atomic E-state index is -1.09. The van der Waals surface area contributed by atoms with Crippen LogP contribution >= 0.6 is 11.3 Å². The van der Waals surface area contributed by atoms with Crippen molar-refractivity contribution in [1.82, 2.24) is 15.2 Å². The van der Waals surface area contributed by atoms with E-state index in [2.05, 4.69) is 10.3 Å². The van der Waals surface area contributed by atoms with Crippen LogP contribution in [0.25, 0.3) is 0 Å². The van der Waals surface area contributed by atoms with Gasteiger partial charge in [0.15, 0.2) is 0 Å². The van der Waals surface area contributed by atoms with E-state index in [4.69, 9.17) is 5.11 Å². The van der Waals surface area contributed by atoms with Crippen molar-refractivity contribution in [2.24, 2.45) is 0 Å². The molecule has 2 heterocycles. The fourth-order valence-corrected chi connectivity index (χ4v) is 2.63. The highest BCUT2D eigenvalue weighted by molar-refractivity contribution is 7.07. The number of amides is 2. The highest BCUT2D eigenvalue weighted by Gasteiger charge is 2.38. The minimum Gasteiger partial charge on any atom is -0.480 e. The number of likely N-dealkylation sites (tertiary alicyclic amines) is 1. The molecule has 2 rings (SSSR count). The van der Waals surface area contributed by atoms with E-state index in [1.165, 1.54) is 11.3 Å². The number of aliphatic carboxylic acids is 1. The predicted molar refractivity (Wildman–Crippen MR) is 68.0 cm³/mol. The summed E-state index contributed by atoms with van der Waals surface area (Å²) in [5.41, 5.74) is 2.61. The number of rotatable bonds is 4. The van der Waals surface area contributed by atoms with Crippen LogP contribution in [0.4, 0.5) is 4.79 Å². The van der Waals surface area contributed by atoms with Crippen molar-refractivity contribution < 1.29 is 19.8 Å². The molecule has 1 aliphatic rings. The molecule has 2 atom stereocenters. The number of carbonyl (C=O) groups is 2. The molecule has 104 valence electrons. The molecule has 0 bridgehead atoms. The van der Waals surface area contributed by atoms with Gasteiger partial charge >= 0.3 is 12.0 Å². The third kappa shape index (κ3) is 3.42. The Labute approximate surface area is 113 Å². The smallest absolute Gasteiger partial charge is 0.326 e. The number of nitrogens with zero attached hydrogens (tertiary/aromatic N) is 2. The molecule has 1 aliphatic heterocycles. The first-order chi connectivity index (χ1) is 9.08. The Morgan fingerprint density at radius 3 is 3.00 bits per heavy atom. The van der Waals surface area contributed by atoms with E-state index in [0.29, 0.717) is 13.0 Å². The summed E-state index contributed by atoms with van der Waals surface area (Å²) in [6, 6.07) is -1.41. The number of β-amino-alcohol motifs (C(OH)–C–C–N with tert-alkyl or cyclic N) is 1. The lowest BCUT2D eigenvalue weighted by atomic mass is 10.2. The third-order valence-electron chi connectivity index (χ3n) is 2.97. The molecule has 2 unspecified atom stereocenters. The fraction of sp³-hybridized carbons (Fsp3) is 0.545. The zero-order valence-electron chi connectivity index (χ0n) is 10.2. The Bertz CT molecular complexity index is 451. The van der Waals surface area contributed by atoms with Crippen molar-refractivity contribution in [1.29, 1.82) is 0 Å². The Morgan fingerprint density at radius 2 is 2.37 bits per heavy atom. The molecule has 19 heavy (non-hydrogen) atoms. The quantitative estimate of drug-likeness (QED) is 0.717. The van der Waals surface area contributed by atoms with Gasteiger partial charge in [-0.3, -0.25) is 0 Å². The van der Waals surface area contributed by atoms with Crippen molar-refractivity contribution in [2.75, 3.05) is 13.1 Å². The number of carboxylic acid groups (broad SMARTS) is 1. The van der Waals surface area contributed by atoms with Crippen LogP contribution in [0.5, 0.6) is 0 Å². The number of hydrogen-bond acceptors (Lipinski definition) is 5. The number of nitrogens with one attached hydrogen (secondary N) is 1. The van der Waals surface area contributed by atoms with Gasteiger partial charge in [0, 0.05) is 31.3 Å². The normalized spacial score (nSPS) is 22.5. The van der Waals surface area contributed by atoms with Gasteiger partial charge in [-0.2, -0.15) is 0 Å². The molecule has 1 aromatic rings. The van der Waals surface area contributed by atoms with Crippen molar-refractivity contribution >= 4 is 23.3 Å². The third-order valence-corrected chi connectivity index (χ3v) is 3.60. The van der Waals surface area contributed by atoms with Crippen LogP contribution in [0.15, 0.2) is 10.9 Å². The Balaban J connectivity index is 1.83. The largest absolute Gasteiger partial charge is 0.480 e. The molecule has 0 aliphatic carbocycles. The summed E-state index contributed by atoms with van der Waals surface area (Å²) in [5, 5.41) is 23.0. The van der Waals surface area contributed by atoms with Crippen LogP contribution < -0.4 is 5.32 Å². The molecule has 0 saturated carbocycles. The molecule has 1 fully saturated rings. The van der Waals surface area contributed by atoms with Gasteiger partial charge in [0.25, 0.3) is 0 Å². The molecule has 2 amide bonds. The summed E-state index contributed by atoms with van der Waals surface area (Å²) in [5.74, 6) is -1.09. The fourth-order valence-electron chi connectivity index (χ4n) is 2.03. The Hall–Kier alpha value is -1.67. The van der Waals surface area contributed by atoms with Gasteiger partial charge in [0.2, 0.25) is 0 Å². The minimum absolute atomic E-state index is 0.0551. The van der Waals surface area contributed by atoms with Crippen LogP contribution in [-0.4, -0.2) is 57.3 Å². The second-order valence-electron chi connectivity index (χ2n) is 4.36. The van der Waals surface area contributed by atoms with Gasteiger partial charge in [-0.1, -0.05) is 0 Å². The lowest BCUT2D eigenvalue weighted by Crippen LogP contribution is -2.46. The highest BCUT2D eigenvalue weighted by atomic mass is 32.1. The zero-order valence-corrected chi connectivity index (χ0v) is 11.0. The Kier molecular flexibility index (Phi) is 4.33. The summed E-state index contributed by atoms with van der Waals surface area (Å²) < 4.78 is 0. The number of carboxylic acids is 1. The average molecular weight is 285 g/mol. The Morgan fingerprint density at radius 1 is 1.58 bits per heavy atom. The predicted octanol–water partition coefficient (Wildman–Crippen LogP) is -0.0850. The number of urea groups is 1. The van der Waals surface area contributed by atoms with Crippen LogP contribution in [0.3, 0.4) is 0 Å². The molecule has 0 aromatic carbocycles. The molecule has 8 heteroatoms. The van der Waals surface area contributed by atoms with Crippen LogP contribution in [0.1, 0.15) is 12.1 Å². The second-order valence-corrected chi connectivity index (χ2v) is 5.08. The number of aromatic nitrogens is 1. The van der Waals surface area contributed by atoms with Crippen molar-refractivity contribution in [3.8, 4) is 0 Å². The van der Waals surface area contributed by atoms with Crippen molar-refractivity contribution in [3.63, 3.8) is 0 Å². The van der Waals surface area contributed by atoms with E-state index in [0.717, 1.165) is 10.6 Å². The van der Waals surface area contributed by atoms with Crippen LogP contribution in [0, 0.1) is 0 Å². The van der Waals surface area contributed by atoms with E-state index in [-0.39, 0.29) is 13.0 Å². The molecular formula is C11H15N3O4S. The summed E-state index contributed by atoms with van der Waals surface area (Å²) in [7, 11) is 0. The van der Waals surface area contributed by atoms with Gasteiger partial charge in [-0.15, -0.1) is 11.3 Å². The van der Waals surface area contributed by atoms with Gasteiger partial charge < -0.3 is 20.4 Å². The molecule has 7 nitrogen and oxygen atoms in total. The summed E-state index contributed by atoms with van der Waals surface area (Å²) >= 11 is 1.48. The first-order valence-electron chi connectivity index (χ1n) is 5.90. The zero-order chi connectivity index (χ0) is 13.8.